The molecule has 26 heavy (non-hydrogen) atoms. The minimum atomic E-state index is 0. The summed E-state index contributed by atoms with van der Waals surface area (Å²) in [6, 6.07) is 10.7. The summed E-state index contributed by atoms with van der Waals surface area (Å²) in [5, 5.41) is 3.54. The molecular formula is C20H33IN4O. The lowest BCUT2D eigenvalue weighted by Gasteiger charge is -2.24. The van der Waals surface area contributed by atoms with Crippen molar-refractivity contribution in [2.45, 2.75) is 19.3 Å². The van der Waals surface area contributed by atoms with Crippen LogP contribution >= 0.6 is 24.0 Å². The molecule has 0 aromatic heterocycles. The molecule has 3 rings (SSSR count). The normalized spacial score (nSPS) is 20.0. The first kappa shape index (κ1) is 21.3. The summed E-state index contributed by atoms with van der Waals surface area (Å²) < 4.78 is 5.73. The van der Waals surface area contributed by atoms with Crippen LogP contribution in [-0.4, -0.2) is 64.3 Å². The third-order valence-electron chi connectivity index (χ3n) is 5.15. The lowest BCUT2D eigenvalue weighted by atomic mass is 10.1. The van der Waals surface area contributed by atoms with Crippen LogP contribution in [0.5, 0.6) is 0 Å². The first-order chi connectivity index (χ1) is 12.3. The van der Waals surface area contributed by atoms with E-state index in [4.69, 9.17) is 4.74 Å². The molecule has 1 N–H and O–H groups in total. The van der Waals surface area contributed by atoms with Gasteiger partial charge in [0.25, 0.3) is 0 Å². The van der Waals surface area contributed by atoms with Crippen LogP contribution in [0.1, 0.15) is 19.3 Å². The number of para-hydroxylation sites is 1. The topological polar surface area (TPSA) is 40.1 Å². The van der Waals surface area contributed by atoms with Crippen LogP contribution in [0.25, 0.3) is 0 Å². The van der Waals surface area contributed by atoms with Crippen LogP contribution in [0.4, 0.5) is 5.69 Å². The average Bonchev–Trinajstić information content (AvgIpc) is 3.35. The second-order valence-electron chi connectivity index (χ2n) is 7.30. The summed E-state index contributed by atoms with van der Waals surface area (Å²) >= 11 is 0. The predicted octanol–water partition coefficient (Wildman–Crippen LogP) is 3.06. The highest BCUT2D eigenvalue weighted by Gasteiger charge is 2.23. The maximum absolute atomic E-state index is 5.73. The Balaban J connectivity index is 0.00000243. The highest BCUT2D eigenvalue weighted by atomic mass is 127. The van der Waals surface area contributed by atoms with Crippen LogP contribution in [0, 0.1) is 11.8 Å². The molecule has 0 amide bonds. The van der Waals surface area contributed by atoms with Gasteiger partial charge in [-0.15, -0.1) is 24.0 Å². The van der Waals surface area contributed by atoms with Gasteiger partial charge in [-0.05, 0) is 43.2 Å². The molecule has 1 saturated carbocycles. The number of nitrogens with one attached hydrogen (secondary N) is 1. The van der Waals surface area contributed by atoms with Crippen molar-refractivity contribution < 1.29 is 4.74 Å². The Labute approximate surface area is 175 Å². The zero-order valence-electron chi connectivity index (χ0n) is 16.1. The van der Waals surface area contributed by atoms with Crippen LogP contribution < -0.4 is 10.2 Å². The maximum atomic E-state index is 5.73. The van der Waals surface area contributed by atoms with Gasteiger partial charge in [0.15, 0.2) is 5.96 Å². The third-order valence-corrected chi connectivity index (χ3v) is 5.15. The number of halogens is 1. The number of benzene rings is 1. The number of hydrogen-bond acceptors (Lipinski definition) is 3. The molecule has 0 bridgehead atoms. The number of guanidine groups is 1. The Morgan fingerprint density at radius 3 is 2.69 bits per heavy atom. The second-order valence-corrected chi connectivity index (χ2v) is 7.30. The molecule has 1 saturated heterocycles. The molecule has 1 atom stereocenters. The molecule has 1 aliphatic carbocycles. The van der Waals surface area contributed by atoms with E-state index in [-0.39, 0.29) is 24.0 Å². The van der Waals surface area contributed by atoms with E-state index in [1.807, 2.05) is 7.05 Å². The number of rotatable bonds is 8. The Kier molecular flexibility index (Phi) is 8.98. The number of aliphatic imine (C=N–C) groups is 1. The SMILES string of the molecule is CN=C(NCC1CCN(c2ccccc2)C1)N(C)CCOCC1CC1.I. The van der Waals surface area contributed by atoms with Gasteiger partial charge >= 0.3 is 0 Å². The predicted molar refractivity (Wildman–Crippen MR) is 120 cm³/mol. The van der Waals surface area contributed by atoms with Gasteiger partial charge in [0.2, 0.25) is 0 Å². The van der Waals surface area contributed by atoms with Gasteiger partial charge in [-0.3, -0.25) is 4.99 Å². The zero-order valence-corrected chi connectivity index (χ0v) is 18.4. The van der Waals surface area contributed by atoms with Gasteiger partial charge in [-0.25, -0.2) is 0 Å². The van der Waals surface area contributed by atoms with Crippen molar-refractivity contribution in [3.63, 3.8) is 0 Å². The lowest BCUT2D eigenvalue weighted by Crippen LogP contribution is -2.42. The highest BCUT2D eigenvalue weighted by molar-refractivity contribution is 14.0. The van der Waals surface area contributed by atoms with Crippen molar-refractivity contribution >= 4 is 35.6 Å². The summed E-state index contributed by atoms with van der Waals surface area (Å²) in [4.78, 5) is 9.05. The van der Waals surface area contributed by atoms with Gasteiger partial charge in [0.1, 0.15) is 0 Å². The number of nitrogens with zero attached hydrogens (tertiary/aromatic N) is 3. The summed E-state index contributed by atoms with van der Waals surface area (Å²) in [6.07, 6.45) is 3.92. The van der Waals surface area contributed by atoms with Crippen molar-refractivity contribution in [1.29, 1.82) is 0 Å². The summed E-state index contributed by atoms with van der Waals surface area (Å²) in [5.74, 6) is 2.46. The van der Waals surface area contributed by atoms with Crippen LogP contribution in [0.2, 0.25) is 0 Å². The Morgan fingerprint density at radius 2 is 2.00 bits per heavy atom. The Morgan fingerprint density at radius 1 is 1.23 bits per heavy atom. The van der Waals surface area contributed by atoms with Crippen molar-refractivity contribution in [1.82, 2.24) is 10.2 Å². The molecule has 1 unspecified atom stereocenters. The van der Waals surface area contributed by atoms with E-state index in [1.54, 1.807) is 0 Å². The largest absolute Gasteiger partial charge is 0.379 e. The van der Waals surface area contributed by atoms with Crippen molar-refractivity contribution in [2.75, 3.05) is 58.4 Å². The van der Waals surface area contributed by atoms with Crippen molar-refractivity contribution in [3.8, 4) is 0 Å². The van der Waals surface area contributed by atoms with Crippen LogP contribution in [-0.2, 0) is 4.74 Å². The summed E-state index contributed by atoms with van der Waals surface area (Å²) in [6.45, 7) is 5.81. The minimum absolute atomic E-state index is 0. The fourth-order valence-corrected chi connectivity index (χ4v) is 3.33. The molecule has 1 aromatic carbocycles. The van der Waals surface area contributed by atoms with E-state index >= 15 is 0 Å². The molecule has 0 radical (unpaired) electrons. The molecule has 2 fully saturated rings. The molecule has 1 heterocycles. The quantitative estimate of drug-likeness (QED) is 0.273. The first-order valence-corrected chi connectivity index (χ1v) is 9.56. The second kappa shape index (κ2) is 11.0. The molecule has 2 aliphatic rings. The van der Waals surface area contributed by atoms with Crippen LogP contribution in [0.3, 0.4) is 0 Å². The van der Waals surface area contributed by atoms with Gasteiger partial charge in [0, 0.05) is 52.6 Å². The average molecular weight is 472 g/mol. The molecular weight excluding hydrogens is 439 g/mol. The minimum Gasteiger partial charge on any atom is -0.379 e. The van der Waals surface area contributed by atoms with E-state index in [9.17, 15) is 0 Å². The lowest BCUT2D eigenvalue weighted by molar-refractivity contribution is 0.115. The molecule has 0 spiro atoms. The molecule has 5 nitrogen and oxygen atoms in total. The number of anilines is 1. The van der Waals surface area contributed by atoms with E-state index in [0.717, 1.165) is 51.3 Å². The van der Waals surface area contributed by atoms with E-state index in [2.05, 4.69) is 57.5 Å². The van der Waals surface area contributed by atoms with Gasteiger partial charge in [-0.2, -0.15) is 0 Å². The Bertz CT molecular complexity index is 550. The molecule has 1 aliphatic heterocycles. The van der Waals surface area contributed by atoms with E-state index in [0.29, 0.717) is 5.92 Å². The number of hydrogen-bond donors (Lipinski definition) is 1. The van der Waals surface area contributed by atoms with Crippen molar-refractivity contribution in [2.24, 2.45) is 16.8 Å². The summed E-state index contributed by atoms with van der Waals surface area (Å²) in [7, 11) is 3.94. The number of ether oxygens (including phenoxy) is 1. The molecule has 1 aromatic rings. The van der Waals surface area contributed by atoms with Crippen LogP contribution in [0.15, 0.2) is 35.3 Å². The number of likely N-dealkylation sites (N-methyl/N-ethyl adjacent to an activating group) is 1. The standard InChI is InChI=1S/C20H32N4O.HI/c1-21-20(23(2)12-13-25-16-17-8-9-17)22-14-18-10-11-24(15-18)19-6-4-3-5-7-19;/h3-7,17-18H,8-16H2,1-2H3,(H,21,22);1H. The molecule has 146 valence electrons. The summed E-state index contributed by atoms with van der Waals surface area (Å²) in [5.41, 5.74) is 1.33. The van der Waals surface area contributed by atoms with Gasteiger partial charge in [-0.1, -0.05) is 18.2 Å². The Hall–Kier alpha value is -1.02. The van der Waals surface area contributed by atoms with Crippen molar-refractivity contribution in [3.05, 3.63) is 30.3 Å². The third kappa shape index (κ3) is 6.61. The van der Waals surface area contributed by atoms with Gasteiger partial charge in [0.05, 0.1) is 6.61 Å². The monoisotopic (exact) mass is 472 g/mol. The highest BCUT2D eigenvalue weighted by Crippen LogP contribution is 2.28. The van der Waals surface area contributed by atoms with Gasteiger partial charge < -0.3 is 19.9 Å². The fraction of sp³-hybridized carbons (Fsp3) is 0.650. The smallest absolute Gasteiger partial charge is 0.193 e. The van der Waals surface area contributed by atoms with E-state index < -0.39 is 0 Å². The fourth-order valence-electron chi connectivity index (χ4n) is 3.33. The molecule has 6 heteroatoms. The zero-order chi connectivity index (χ0) is 17.5. The maximum Gasteiger partial charge on any atom is 0.193 e. The first-order valence-electron chi connectivity index (χ1n) is 9.56. The van der Waals surface area contributed by atoms with E-state index in [1.165, 1.54) is 24.9 Å².